The first-order valence-electron chi connectivity index (χ1n) is 6.09. The molecular weight excluding hydrogens is 172 g/mol. The molecule has 0 aromatic rings. The molecule has 2 saturated carbocycles. The van der Waals surface area contributed by atoms with Crippen LogP contribution in [0.25, 0.3) is 0 Å². The highest BCUT2D eigenvalue weighted by atomic mass is 28.3. The van der Waals surface area contributed by atoms with Crippen molar-refractivity contribution in [1.82, 2.24) is 0 Å². The highest BCUT2D eigenvalue weighted by Gasteiger charge is 2.48. The Balaban J connectivity index is 1.98. The van der Waals surface area contributed by atoms with Gasteiger partial charge in [-0.25, -0.2) is 0 Å². The maximum Gasteiger partial charge on any atom is 0.0308 e. The van der Waals surface area contributed by atoms with Crippen LogP contribution >= 0.6 is 0 Å². The topological polar surface area (TPSA) is 0 Å². The molecule has 0 spiro atoms. The predicted octanol–water partition coefficient (Wildman–Crippen LogP) is 3.40. The van der Waals surface area contributed by atoms with Gasteiger partial charge in [-0.05, 0) is 42.4 Å². The molecule has 0 aromatic heterocycles. The summed E-state index contributed by atoms with van der Waals surface area (Å²) in [5, 5.41) is 0. The van der Waals surface area contributed by atoms with Gasteiger partial charge in [-0.1, -0.05) is 33.0 Å². The maximum atomic E-state index is 2.51. The first-order valence-corrected chi connectivity index (χ1v) is 9.22. The first kappa shape index (κ1) is 9.76. The van der Waals surface area contributed by atoms with E-state index in [0.29, 0.717) is 0 Å². The molecule has 0 saturated heterocycles. The molecule has 2 aliphatic carbocycles. The van der Waals surface area contributed by atoms with E-state index in [1.807, 2.05) is 0 Å². The van der Waals surface area contributed by atoms with Gasteiger partial charge in [0.15, 0.2) is 0 Å². The van der Waals surface area contributed by atoms with Crippen LogP contribution in [0.1, 0.15) is 26.7 Å². The molecule has 0 amide bonds. The number of fused-ring (bicyclic) bond motifs is 2. The molecule has 0 aliphatic heterocycles. The second-order valence-corrected chi connectivity index (χ2v) is 9.26. The van der Waals surface area contributed by atoms with Gasteiger partial charge < -0.3 is 0 Å². The van der Waals surface area contributed by atoms with Crippen molar-refractivity contribution in [1.29, 1.82) is 0 Å². The van der Waals surface area contributed by atoms with Crippen molar-refractivity contribution in [2.24, 2.45) is 29.6 Å². The number of hydrogen-bond acceptors (Lipinski definition) is 0. The fraction of sp³-hybridized carbons (Fsp3) is 1.00. The summed E-state index contributed by atoms with van der Waals surface area (Å²) >= 11 is 0. The summed E-state index contributed by atoms with van der Waals surface area (Å²) < 4.78 is 0. The van der Waals surface area contributed by atoms with E-state index in [1.54, 1.807) is 18.9 Å². The van der Waals surface area contributed by atoms with Crippen LogP contribution in [0.15, 0.2) is 0 Å². The van der Waals surface area contributed by atoms with Gasteiger partial charge >= 0.3 is 0 Å². The fourth-order valence-electron chi connectivity index (χ4n) is 3.97. The lowest BCUT2D eigenvalue weighted by Crippen LogP contribution is -2.26. The van der Waals surface area contributed by atoms with Gasteiger partial charge in [0.1, 0.15) is 0 Å². The van der Waals surface area contributed by atoms with E-state index < -0.39 is 0 Å². The molecule has 2 rings (SSSR count). The zero-order chi connectivity index (χ0) is 9.59. The van der Waals surface area contributed by atoms with Gasteiger partial charge in [0.05, 0.1) is 0 Å². The van der Waals surface area contributed by atoms with E-state index in [0.717, 1.165) is 29.6 Å². The van der Waals surface area contributed by atoms with Crippen molar-refractivity contribution in [3.63, 3.8) is 0 Å². The van der Waals surface area contributed by atoms with Crippen LogP contribution in [-0.4, -0.2) is 8.80 Å². The van der Waals surface area contributed by atoms with Gasteiger partial charge in [-0.3, -0.25) is 0 Å². The zero-order valence-electron chi connectivity index (χ0n) is 9.59. The van der Waals surface area contributed by atoms with E-state index in [-0.39, 0.29) is 8.80 Å². The third kappa shape index (κ3) is 1.60. The van der Waals surface area contributed by atoms with Gasteiger partial charge in [0.2, 0.25) is 0 Å². The second kappa shape index (κ2) is 3.41. The Bertz CT molecular complexity index is 186. The van der Waals surface area contributed by atoms with Gasteiger partial charge in [0.25, 0.3) is 0 Å². The van der Waals surface area contributed by atoms with E-state index in [2.05, 4.69) is 26.9 Å². The van der Waals surface area contributed by atoms with E-state index in [4.69, 9.17) is 0 Å². The number of hydrogen-bond donors (Lipinski definition) is 0. The molecular formula is C12H24Si. The van der Waals surface area contributed by atoms with Crippen LogP contribution in [0.3, 0.4) is 0 Å². The quantitative estimate of drug-likeness (QED) is 0.594. The second-order valence-electron chi connectivity index (χ2n) is 6.00. The molecule has 5 unspecified atom stereocenters. The Labute approximate surface area is 84.7 Å². The standard InChI is InChI=1S/C12H24Si/c1-8-9(2)12-6-10(8)5-11(12)7-13(3)4/h8-13H,5-7H2,1-4H3. The van der Waals surface area contributed by atoms with Crippen molar-refractivity contribution in [2.75, 3.05) is 0 Å². The molecule has 13 heavy (non-hydrogen) atoms. The first-order chi connectivity index (χ1) is 6.09. The Hall–Kier alpha value is 0.217. The molecule has 0 heterocycles. The molecule has 0 nitrogen and oxygen atoms in total. The van der Waals surface area contributed by atoms with E-state index in [1.165, 1.54) is 0 Å². The SMILES string of the molecule is CC1C2CC(C[SiH](C)C)C(C2)C1C. The lowest BCUT2D eigenvalue weighted by Gasteiger charge is -2.32. The van der Waals surface area contributed by atoms with Crippen LogP contribution in [0, 0.1) is 29.6 Å². The van der Waals surface area contributed by atoms with Crippen molar-refractivity contribution >= 4 is 8.80 Å². The Morgan fingerprint density at radius 2 is 1.77 bits per heavy atom. The van der Waals surface area contributed by atoms with Crippen LogP contribution in [0.4, 0.5) is 0 Å². The Morgan fingerprint density at radius 1 is 1.08 bits per heavy atom. The summed E-state index contributed by atoms with van der Waals surface area (Å²) in [6.07, 6.45) is 3.16. The lowest BCUT2D eigenvalue weighted by molar-refractivity contribution is 0.201. The normalized spacial score (nSPS) is 49.2. The van der Waals surface area contributed by atoms with Crippen molar-refractivity contribution in [3.05, 3.63) is 0 Å². The smallest absolute Gasteiger partial charge is 0.0308 e. The minimum Gasteiger partial charge on any atom is -0.0722 e. The molecule has 1 heteroatoms. The molecule has 0 aromatic carbocycles. The third-order valence-electron chi connectivity index (χ3n) is 4.81. The van der Waals surface area contributed by atoms with E-state index >= 15 is 0 Å². The Morgan fingerprint density at radius 3 is 2.23 bits per heavy atom. The lowest BCUT2D eigenvalue weighted by atomic mass is 9.76. The van der Waals surface area contributed by atoms with Gasteiger partial charge in [-0.2, -0.15) is 0 Å². The third-order valence-corrected chi connectivity index (χ3v) is 6.36. The summed E-state index contributed by atoms with van der Waals surface area (Å²) in [7, 11) is -0.303. The molecule has 0 N–H and O–H groups in total. The van der Waals surface area contributed by atoms with Crippen molar-refractivity contribution in [3.8, 4) is 0 Å². The maximum absolute atomic E-state index is 2.51. The zero-order valence-corrected chi connectivity index (χ0v) is 10.7. The van der Waals surface area contributed by atoms with Gasteiger partial charge in [0, 0.05) is 8.80 Å². The van der Waals surface area contributed by atoms with Crippen LogP contribution in [-0.2, 0) is 0 Å². The molecule has 5 atom stereocenters. The minimum absolute atomic E-state index is 0.303. The summed E-state index contributed by atoms with van der Waals surface area (Å²) in [5.74, 6) is 5.45. The highest BCUT2D eigenvalue weighted by Crippen LogP contribution is 2.56. The van der Waals surface area contributed by atoms with Crippen LogP contribution < -0.4 is 0 Å². The molecule has 2 aliphatic rings. The van der Waals surface area contributed by atoms with Crippen LogP contribution in [0.2, 0.25) is 19.1 Å². The molecule has 0 radical (unpaired) electrons. The summed E-state index contributed by atoms with van der Waals surface area (Å²) in [4.78, 5) is 0. The summed E-state index contributed by atoms with van der Waals surface area (Å²) in [6, 6.07) is 1.62. The van der Waals surface area contributed by atoms with Crippen molar-refractivity contribution in [2.45, 2.75) is 45.8 Å². The van der Waals surface area contributed by atoms with Crippen LogP contribution in [0.5, 0.6) is 0 Å². The minimum atomic E-state index is -0.303. The average Bonchev–Trinajstić information content (AvgIpc) is 2.53. The predicted molar refractivity (Wildman–Crippen MR) is 61.7 cm³/mol. The summed E-state index contributed by atoms with van der Waals surface area (Å²) in [5.41, 5.74) is 0. The highest BCUT2D eigenvalue weighted by molar-refractivity contribution is 6.55. The largest absolute Gasteiger partial charge is 0.0722 e. The molecule has 2 fully saturated rings. The fourth-order valence-corrected chi connectivity index (χ4v) is 5.72. The molecule has 76 valence electrons. The summed E-state index contributed by atoms with van der Waals surface area (Å²) in [6.45, 7) is 10.0. The van der Waals surface area contributed by atoms with Gasteiger partial charge in [-0.15, -0.1) is 0 Å². The molecule has 2 bridgehead atoms. The average molecular weight is 196 g/mol. The monoisotopic (exact) mass is 196 g/mol. The van der Waals surface area contributed by atoms with E-state index in [9.17, 15) is 0 Å². The van der Waals surface area contributed by atoms with Crippen molar-refractivity contribution < 1.29 is 0 Å². The Kier molecular flexibility index (Phi) is 2.56. The number of rotatable bonds is 2.